The highest BCUT2D eigenvalue weighted by atomic mass is 31.1. The van der Waals surface area contributed by atoms with Gasteiger partial charge in [-0.1, -0.05) is 32.9 Å². The summed E-state index contributed by atoms with van der Waals surface area (Å²) in [5.74, 6) is 0. The summed E-state index contributed by atoms with van der Waals surface area (Å²) >= 11 is 0. The molecule has 0 amide bonds. The minimum absolute atomic E-state index is 0.639. The van der Waals surface area contributed by atoms with Crippen molar-refractivity contribution in [3.63, 3.8) is 0 Å². The molecule has 3 atom stereocenters. The van der Waals surface area contributed by atoms with Crippen molar-refractivity contribution in [3.05, 3.63) is 4.91 Å². The Balaban J connectivity index is 3.45. The molecule has 0 fully saturated rings. The summed E-state index contributed by atoms with van der Waals surface area (Å²) in [5.41, 5.74) is 0. The van der Waals surface area contributed by atoms with Gasteiger partial charge in [0.2, 0.25) is 0 Å². The summed E-state index contributed by atoms with van der Waals surface area (Å²) in [4.78, 5) is 9.51. The van der Waals surface area contributed by atoms with Gasteiger partial charge in [-0.3, -0.25) is 0 Å². The molecule has 0 aliphatic carbocycles. The maximum Gasteiger partial charge on any atom is 0.141 e. The van der Waals surface area contributed by atoms with Crippen molar-refractivity contribution < 1.29 is 0 Å². The van der Waals surface area contributed by atoms with Crippen LogP contribution in [0.2, 0.25) is 0 Å². The molecule has 0 N–H and O–H groups in total. The number of nitroso groups, excluding NO2 is 1. The van der Waals surface area contributed by atoms with E-state index < -0.39 is 4.76 Å². The van der Waals surface area contributed by atoms with Crippen molar-refractivity contribution in [2.75, 3.05) is 0 Å². The number of hydrogen-bond acceptors (Lipinski definition) is 2. The average molecular weight is 141 g/mol. The molecule has 0 saturated carbocycles. The predicted molar refractivity (Wildman–Crippen MR) is 37.7 cm³/mol. The molecule has 0 bridgehead atoms. The molecule has 6 heavy (non-hydrogen) atoms. The Kier molecular flexibility index (Phi) is 2.60. The van der Waals surface area contributed by atoms with Gasteiger partial charge in [0.1, 0.15) is 4.76 Å². The smallest absolute Gasteiger partial charge is 0.141 e. The van der Waals surface area contributed by atoms with Crippen molar-refractivity contribution in [3.8, 4) is 0 Å². The van der Waals surface area contributed by atoms with E-state index in [-0.39, 0.29) is 0 Å². The Morgan fingerprint density at radius 1 is 1.33 bits per heavy atom. The molecule has 3 unspecified atom stereocenters. The van der Waals surface area contributed by atoms with Gasteiger partial charge < -0.3 is 0 Å². The van der Waals surface area contributed by atoms with Crippen LogP contribution in [0.25, 0.3) is 0 Å². The Hall–Kier alpha value is 0.890. The highest BCUT2D eigenvalue weighted by molar-refractivity contribution is 7.57. The van der Waals surface area contributed by atoms with Crippen LogP contribution in [0.1, 0.15) is 0 Å². The van der Waals surface area contributed by atoms with Crippen molar-refractivity contribution in [1.82, 2.24) is 0 Å². The van der Waals surface area contributed by atoms with Crippen LogP contribution in [0.5, 0.6) is 0 Å². The van der Waals surface area contributed by atoms with Crippen LogP contribution in [-0.4, -0.2) is 4.76 Å². The van der Waals surface area contributed by atoms with Crippen molar-refractivity contribution in [2.45, 2.75) is 4.76 Å². The molecule has 0 aromatic heterocycles. The maximum atomic E-state index is 9.51. The standard InChI is InChI=1S/CH6NOP3/c3-2-1(4,5)6/h4-6H2. The molecule has 36 valence electrons. The zero-order chi connectivity index (χ0) is 5.21. The summed E-state index contributed by atoms with van der Waals surface area (Å²) in [5, 5.41) is 2.66. The average Bonchev–Trinajstić information content (AvgIpc) is 1.35. The van der Waals surface area contributed by atoms with Gasteiger partial charge in [0.25, 0.3) is 0 Å². The molecule has 0 saturated heterocycles. The van der Waals surface area contributed by atoms with E-state index in [1.807, 2.05) is 0 Å². The fourth-order valence-electron chi connectivity index (χ4n) is 0. The fourth-order valence-corrected chi connectivity index (χ4v) is 0. The quantitative estimate of drug-likeness (QED) is 0.395. The number of hydrogen-bond donors (Lipinski definition) is 0. The van der Waals surface area contributed by atoms with Crippen LogP contribution >= 0.6 is 27.7 Å². The lowest BCUT2D eigenvalue weighted by Crippen LogP contribution is -1.86. The Bertz CT molecular complexity index is 56.3. The van der Waals surface area contributed by atoms with E-state index in [2.05, 4.69) is 32.9 Å². The van der Waals surface area contributed by atoms with Crippen molar-refractivity contribution in [2.24, 2.45) is 5.18 Å². The van der Waals surface area contributed by atoms with Gasteiger partial charge in [-0.15, -0.1) is 4.91 Å². The summed E-state index contributed by atoms with van der Waals surface area (Å²) in [7, 11) is 6.72. The maximum absolute atomic E-state index is 9.51. The first-order valence-corrected chi connectivity index (χ1v) is 3.00. The molecule has 0 heterocycles. The molecule has 0 aromatic carbocycles. The van der Waals surface area contributed by atoms with Crippen LogP contribution in [0.4, 0.5) is 0 Å². The van der Waals surface area contributed by atoms with Gasteiger partial charge in [0, 0.05) is 0 Å². The van der Waals surface area contributed by atoms with Gasteiger partial charge >= 0.3 is 0 Å². The first-order chi connectivity index (χ1) is 2.56. The lowest BCUT2D eigenvalue weighted by atomic mass is 11.4. The molecular weight excluding hydrogens is 135 g/mol. The highest BCUT2D eigenvalue weighted by Crippen LogP contribution is 2.34. The number of rotatable bonds is 1. The Morgan fingerprint density at radius 2 is 1.50 bits per heavy atom. The van der Waals surface area contributed by atoms with Gasteiger partial charge in [-0.2, -0.15) is 0 Å². The molecule has 0 aliphatic heterocycles. The fraction of sp³-hybridized carbons (Fsp3) is 1.00. The third kappa shape index (κ3) is 4.89. The molecule has 0 aromatic rings. The molecule has 0 aliphatic rings. The minimum atomic E-state index is -0.639. The summed E-state index contributed by atoms with van der Waals surface area (Å²) in [6.07, 6.45) is 0. The van der Waals surface area contributed by atoms with Crippen molar-refractivity contribution >= 4 is 27.7 Å². The Morgan fingerprint density at radius 3 is 1.50 bits per heavy atom. The summed E-state index contributed by atoms with van der Waals surface area (Å²) < 4.78 is -0.639. The van der Waals surface area contributed by atoms with Crippen LogP contribution < -0.4 is 0 Å². The zero-order valence-corrected chi connectivity index (χ0v) is 6.55. The second-order valence-electron chi connectivity index (χ2n) is 0.979. The van der Waals surface area contributed by atoms with E-state index in [4.69, 9.17) is 0 Å². The lowest BCUT2D eigenvalue weighted by Gasteiger charge is -2.01. The normalized spacial score (nSPS) is 11.2. The van der Waals surface area contributed by atoms with Gasteiger partial charge in [0.15, 0.2) is 0 Å². The van der Waals surface area contributed by atoms with Crippen LogP contribution in [0, 0.1) is 4.91 Å². The lowest BCUT2D eigenvalue weighted by molar-refractivity contribution is 1.20. The van der Waals surface area contributed by atoms with Gasteiger partial charge in [-0.25, -0.2) is 0 Å². The SMILES string of the molecule is O=NC(P)(P)P. The van der Waals surface area contributed by atoms with E-state index >= 15 is 0 Å². The summed E-state index contributed by atoms with van der Waals surface area (Å²) in [6.45, 7) is 0. The first kappa shape index (κ1) is 6.89. The van der Waals surface area contributed by atoms with Gasteiger partial charge in [0.05, 0.1) is 0 Å². The monoisotopic (exact) mass is 141 g/mol. The van der Waals surface area contributed by atoms with Crippen molar-refractivity contribution in [1.29, 1.82) is 0 Å². The number of nitrogens with zero attached hydrogens (tertiary/aromatic N) is 1. The van der Waals surface area contributed by atoms with Crippen LogP contribution in [0.3, 0.4) is 0 Å². The molecule has 5 heteroatoms. The minimum Gasteiger partial charge on any atom is -0.149 e. The molecule has 2 nitrogen and oxygen atoms in total. The molecular formula is CH6NOP3. The third-order valence-electron chi connectivity index (χ3n) is 0.158. The summed E-state index contributed by atoms with van der Waals surface area (Å²) in [6, 6.07) is 0. The first-order valence-electron chi connectivity index (χ1n) is 1.27. The Labute approximate surface area is 43.4 Å². The highest BCUT2D eigenvalue weighted by Gasteiger charge is 2.06. The zero-order valence-electron chi connectivity index (χ0n) is 3.09. The van der Waals surface area contributed by atoms with Crippen LogP contribution in [0.15, 0.2) is 5.18 Å². The second kappa shape index (κ2) is 2.26. The van der Waals surface area contributed by atoms with E-state index in [1.54, 1.807) is 0 Å². The molecule has 0 rings (SSSR count). The van der Waals surface area contributed by atoms with Crippen LogP contribution in [-0.2, 0) is 0 Å². The molecule has 0 spiro atoms. The van der Waals surface area contributed by atoms with E-state index in [9.17, 15) is 4.91 Å². The molecule has 0 radical (unpaired) electrons. The van der Waals surface area contributed by atoms with E-state index in [0.717, 1.165) is 0 Å². The van der Waals surface area contributed by atoms with E-state index in [1.165, 1.54) is 0 Å². The van der Waals surface area contributed by atoms with E-state index in [0.29, 0.717) is 0 Å². The third-order valence-corrected chi connectivity index (χ3v) is 0.474. The van der Waals surface area contributed by atoms with Gasteiger partial charge in [-0.05, 0) is 0 Å². The largest absolute Gasteiger partial charge is 0.149 e. The second-order valence-corrected chi connectivity index (χ2v) is 5.75. The predicted octanol–water partition coefficient (Wildman–Crippen LogP) is 0.989. The topological polar surface area (TPSA) is 29.4 Å².